The van der Waals surface area contributed by atoms with Gasteiger partial charge in [0.2, 0.25) is 0 Å². The maximum absolute atomic E-state index is 5.15. The van der Waals surface area contributed by atoms with Crippen molar-refractivity contribution in [3.8, 4) is 11.4 Å². The van der Waals surface area contributed by atoms with Gasteiger partial charge >= 0.3 is 0 Å². The first-order chi connectivity index (χ1) is 17.8. The fourth-order valence-corrected chi connectivity index (χ4v) is 5.01. The highest BCUT2D eigenvalue weighted by atomic mass is 15.2. The molecule has 178 valence electrons. The van der Waals surface area contributed by atoms with E-state index in [4.69, 9.17) is 9.97 Å². The van der Waals surface area contributed by atoms with Crippen molar-refractivity contribution in [3.05, 3.63) is 72.8 Å². The van der Waals surface area contributed by atoms with Crippen molar-refractivity contribution in [2.75, 3.05) is 36.4 Å². The third-order valence-corrected chi connectivity index (χ3v) is 6.99. The van der Waals surface area contributed by atoms with E-state index in [-0.39, 0.29) is 0 Å². The van der Waals surface area contributed by atoms with Crippen LogP contribution in [0.25, 0.3) is 33.1 Å². The van der Waals surface area contributed by atoms with E-state index in [1.54, 1.807) is 6.20 Å². The van der Waals surface area contributed by atoms with Crippen molar-refractivity contribution >= 4 is 39.1 Å². The van der Waals surface area contributed by atoms with Gasteiger partial charge in [0.05, 0.1) is 11.7 Å². The number of piperazine rings is 1. The topological polar surface area (TPSA) is 91.8 Å². The quantitative estimate of drug-likeness (QED) is 0.380. The summed E-state index contributed by atoms with van der Waals surface area (Å²) in [5, 5.41) is 10.2. The summed E-state index contributed by atoms with van der Waals surface area (Å²) in [6.07, 6.45) is 9.92. The molecule has 5 heterocycles. The van der Waals surface area contributed by atoms with E-state index >= 15 is 0 Å². The lowest BCUT2D eigenvalue weighted by Crippen LogP contribution is -2.44. The number of nitrogens with zero attached hydrogens (tertiary/aromatic N) is 6. The fourth-order valence-electron chi connectivity index (χ4n) is 5.01. The number of rotatable bonds is 5. The SMILES string of the molecule is c1ccc2c(Nc3cc(-c4nc(N5CCNCC5)c5c(C6CC6)cncc5n4)ccn3)nccc2c1. The number of fused-ring (bicyclic) bond motifs is 2. The summed E-state index contributed by atoms with van der Waals surface area (Å²) in [4.78, 5) is 26.2. The van der Waals surface area contributed by atoms with Gasteiger partial charge in [0.15, 0.2) is 5.82 Å². The predicted octanol–water partition coefficient (Wildman–Crippen LogP) is 4.67. The smallest absolute Gasteiger partial charge is 0.162 e. The molecule has 8 nitrogen and oxygen atoms in total. The van der Waals surface area contributed by atoms with E-state index in [1.165, 1.54) is 18.4 Å². The highest BCUT2D eigenvalue weighted by Gasteiger charge is 2.29. The van der Waals surface area contributed by atoms with Crippen LogP contribution in [-0.2, 0) is 0 Å². The highest BCUT2D eigenvalue weighted by molar-refractivity contribution is 5.95. The molecule has 0 bridgehead atoms. The molecule has 0 amide bonds. The second kappa shape index (κ2) is 8.80. The number of aromatic nitrogens is 5. The molecule has 8 heteroatoms. The minimum Gasteiger partial charge on any atom is -0.353 e. The monoisotopic (exact) mass is 474 g/mol. The van der Waals surface area contributed by atoms with Gasteiger partial charge in [-0.05, 0) is 47.9 Å². The van der Waals surface area contributed by atoms with Gasteiger partial charge < -0.3 is 15.5 Å². The number of hydrogen-bond donors (Lipinski definition) is 2. The summed E-state index contributed by atoms with van der Waals surface area (Å²) >= 11 is 0. The number of benzene rings is 1. The Morgan fingerprint density at radius 1 is 0.917 bits per heavy atom. The Morgan fingerprint density at radius 3 is 2.67 bits per heavy atom. The van der Waals surface area contributed by atoms with Crippen LogP contribution in [0.4, 0.5) is 17.5 Å². The van der Waals surface area contributed by atoms with Crippen LogP contribution in [0, 0.1) is 0 Å². The number of pyridine rings is 3. The van der Waals surface area contributed by atoms with Gasteiger partial charge in [-0.1, -0.05) is 24.3 Å². The van der Waals surface area contributed by atoms with Gasteiger partial charge in [-0.3, -0.25) is 4.98 Å². The molecule has 4 aromatic heterocycles. The van der Waals surface area contributed by atoms with E-state index in [0.717, 1.165) is 65.1 Å². The molecule has 0 spiro atoms. The summed E-state index contributed by atoms with van der Waals surface area (Å²) in [5.41, 5.74) is 3.09. The first-order valence-corrected chi connectivity index (χ1v) is 12.5. The van der Waals surface area contributed by atoms with Crippen LogP contribution >= 0.6 is 0 Å². The van der Waals surface area contributed by atoms with Crippen LogP contribution in [0.15, 0.2) is 67.3 Å². The van der Waals surface area contributed by atoms with Gasteiger partial charge in [0.1, 0.15) is 17.5 Å². The fraction of sp³-hybridized carbons (Fsp3) is 0.250. The third kappa shape index (κ3) is 3.89. The van der Waals surface area contributed by atoms with E-state index < -0.39 is 0 Å². The van der Waals surface area contributed by atoms with Crippen LogP contribution in [0.2, 0.25) is 0 Å². The van der Waals surface area contributed by atoms with Crippen molar-refractivity contribution < 1.29 is 0 Å². The molecule has 5 aromatic rings. The van der Waals surface area contributed by atoms with Crippen molar-refractivity contribution in [1.29, 1.82) is 0 Å². The van der Waals surface area contributed by atoms with E-state index in [0.29, 0.717) is 17.6 Å². The van der Waals surface area contributed by atoms with Crippen molar-refractivity contribution in [2.24, 2.45) is 0 Å². The minimum atomic E-state index is 0.572. The molecule has 1 aliphatic carbocycles. The van der Waals surface area contributed by atoms with Gasteiger partial charge in [0.25, 0.3) is 0 Å². The highest BCUT2D eigenvalue weighted by Crippen LogP contribution is 2.44. The minimum absolute atomic E-state index is 0.572. The average molecular weight is 475 g/mol. The van der Waals surface area contributed by atoms with Crippen LogP contribution in [0.1, 0.15) is 24.3 Å². The molecular weight excluding hydrogens is 448 g/mol. The molecule has 1 saturated carbocycles. The second-order valence-electron chi connectivity index (χ2n) is 9.44. The zero-order valence-electron chi connectivity index (χ0n) is 19.9. The largest absolute Gasteiger partial charge is 0.353 e. The molecule has 2 aliphatic rings. The third-order valence-electron chi connectivity index (χ3n) is 6.99. The second-order valence-corrected chi connectivity index (χ2v) is 9.44. The lowest BCUT2D eigenvalue weighted by atomic mass is 10.1. The average Bonchev–Trinajstić information content (AvgIpc) is 3.79. The molecule has 0 atom stereocenters. The lowest BCUT2D eigenvalue weighted by Gasteiger charge is -2.30. The van der Waals surface area contributed by atoms with Gasteiger partial charge in [-0.25, -0.2) is 19.9 Å². The van der Waals surface area contributed by atoms with Gasteiger partial charge in [0, 0.05) is 61.1 Å². The Morgan fingerprint density at radius 2 is 1.78 bits per heavy atom. The van der Waals surface area contributed by atoms with E-state index in [9.17, 15) is 0 Å². The van der Waals surface area contributed by atoms with E-state index in [2.05, 4.69) is 42.6 Å². The zero-order valence-corrected chi connectivity index (χ0v) is 19.9. The number of nitrogens with one attached hydrogen (secondary N) is 2. The van der Waals surface area contributed by atoms with Crippen LogP contribution in [0.3, 0.4) is 0 Å². The van der Waals surface area contributed by atoms with Gasteiger partial charge in [-0.2, -0.15) is 0 Å². The van der Waals surface area contributed by atoms with Crippen LogP contribution in [0.5, 0.6) is 0 Å². The summed E-state index contributed by atoms with van der Waals surface area (Å²) in [6.45, 7) is 3.75. The Bertz CT molecular complexity index is 1570. The molecule has 1 saturated heterocycles. The molecule has 36 heavy (non-hydrogen) atoms. The van der Waals surface area contributed by atoms with Crippen molar-refractivity contribution in [2.45, 2.75) is 18.8 Å². The molecule has 7 rings (SSSR count). The molecule has 0 unspecified atom stereocenters. The summed E-state index contributed by atoms with van der Waals surface area (Å²) in [7, 11) is 0. The summed E-state index contributed by atoms with van der Waals surface area (Å²) in [5.74, 6) is 3.75. The number of hydrogen-bond acceptors (Lipinski definition) is 8. The lowest BCUT2D eigenvalue weighted by molar-refractivity contribution is 0.586. The summed E-state index contributed by atoms with van der Waals surface area (Å²) < 4.78 is 0. The maximum Gasteiger partial charge on any atom is 0.162 e. The van der Waals surface area contributed by atoms with Gasteiger partial charge in [-0.15, -0.1) is 0 Å². The first kappa shape index (κ1) is 21.1. The molecule has 0 radical (unpaired) electrons. The van der Waals surface area contributed by atoms with Crippen molar-refractivity contribution in [3.63, 3.8) is 0 Å². The molecule has 1 aliphatic heterocycles. The Balaban J connectivity index is 1.31. The first-order valence-electron chi connectivity index (χ1n) is 12.5. The molecular formula is C28H26N8. The summed E-state index contributed by atoms with van der Waals surface area (Å²) in [6, 6.07) is 14.1. The Kier molecular flexibility index (Phi) is 5.17. The van der Waals surface area contributed by atoms with E-state index in [1.807, 2.05) is 48.9 Å². The molecule has 2 N–H and O–H groups in total. The van der Waals surface area contributed by atoms with Crippen LogP contribution in [-0.4, -0.2) is 51.1 Å². The van der Waals surface area contributed by atoms with Crippen LogP contribution < -0.4 is 15.5 Å². The van der Waals surface area contributed by atoms with Crippen molar-refractivity contribution in [1.82, 2.24) is 30.2 Å². The standard InChI is InChI=1S/C28H26N8/c1-2-4-21-18(3-1)7-10-32-27(21)34-24-15-20(8-9-31-24)26-33-23-17-30-16-22(19-5-6-19)25(23)28(35-26)36-13-11-29-12-14-36/h1-4,7-10,15-17,19,29H,5-6,11-14H2,(H,31,32,34). The predicted molar refractivity (Wildman–Crippen MR) is 143 cm³/mol. The molecule has 2 fully saturated rings. The normalized spacial score (nSPS) is 15.9. The number of anilines is 3. The zero-order chi connectivity index (χ0) is 23.9. The Hall–Kier alpha value is -4.17. The maximum atomic E-state index is 5.15. The molecule has 1 aromatic carbocycles. The Labute approximate surface area is 208 Å².